The van der Waals surface area contributed by atoms with Crippen LogP contribution in [0, 0.1) is 29.6 Å². The van der Waals surface area contributed by atoms with Crippen LogP contribution in [0.15, 0.2) is 17.1 Å². The minimum absolute atomic E-state index is 0. The maximum atomic E-state index is 12.6. The van der Waals surface area contributed by atoms with E-state index in [1.807, 2.05) is 0 Å². The van der Waals surface area contributed by atoms with Gasteiger partial charge in [0.2, 0.25) is 11.8 Å². The van der Waals surface area contributed by atoms with Crippen LogP contribution in [-0.4, -0.2) is 53.8 Å². The van der Waals surface area contributed by atoms with Crippen LogP contribution in [0.25, 0.3) is 0 Å². The van der Waals surface area contributed by atoms with E-state index in [1.165, 1.54) is 4.90 Å². The van der Waals surface area contributed by atoms with E-state index < -0.39 is 0 Å². The fourth-order valence-electron chi connectivity index (χ4n) is 4.94. The van der Waals surface area contributed by atoms with E-state index in [4.69, 9.17) is 5.73 Å². The zero-order valence-electron chi connectivity index (χ0n) is 15.3. The second-order valence-corrected chi connectivity index (χ2v) is 8.09. The summed E-state index contributed by atoms with van der Waals surface area (Å²) in [6.07, 6.45) is 8.24. The number of amides is 2. The third-order valence-electron chi connectivity index (χ3n) is 6.48. The second kappa shape index (κ2) is 7.86. The maximum Gasteiger partial charge on any atom is 0.233 e. The Bertz CT molecular complexity index is 597. The zero-order valence-corrected chi connectivity index (χ0v) is 17.7. The molecule has 2 amide bonds. The Hall–Kier alpha value is -1.12. The number of carbonyl (C=O) groups excluding carboxylic acids is 2. The monoisotopic (exact) mass is 472 g/mol. The summed E-state index contributed by atoms with van der Waals surface area (Å²) in [5, 5.41) is 0. The number of imide groups is 1. The summed E-state index contributed by atoms with van der Waals surface area (Å²) in [5.74, 6) is 1.82. The Morgan fingerprint density at radius 2 is 1.73 bits per heavy atom. The molecule has 4 atom stereocenters. The highest BCUT2D eigenvalue weighted by Gasteiger charge is 2.58. The number of fused-ring (bicyclic) bond motifs is 5. The molecule has 4 rings (SSSR count). The topological polar surface area (TPSA) is 79.0 Å². The third kappa shape index (κ3) is 3.39. The molecule has 6 nitrogen and oxygen atoms in total. The van der Waals surface area contributed by atoms with Crippen molar-refractivity contribution in [1.29, 1.82) is 0 Å². The van der Waals surface area contributed by atoms with Gasteiger partial charge in [-0.2, -0.15) is 0 Å². The number of hydrogen-bond donors (Lipinski definition) is 1. The van der Waals surface area contributed by atoms with Crippen molar-refractivity contribution in [2.45, 2.75) is 32.6 Å². The van der Waals surface area contributed by atoms with Crippen LogP contribution in [-0.2, 0) is 9.59 Å². The number of piperidine rings is 1. The summed E-state index contributed by atoms with van der Waals surface area (Å²) in [6.45, 7) is 5.25. The molecular weight excluding hydrogens is 443 g/mol. The van der Waals surface area contributed by atoms with Crippen LogP contribution in [0.4, 0.5) is 0 Å². The van der Waals surface area contributed by atoms with Gasteiger partial charge in [-0.3, -0.25) is 19.5 Å². The molecule has 0 radical (unpaired) electrons. The Morgan fingerprint density at radius 1 is 1.15 bits per heavy atom. The van der Waals surface area contributed by atoms with Crippen molar-refractivity contribution in [2.75, 3.05) is 26.2 Å². The molecule has 0 aromatic carbocycles. The molecule has 144 valence electrons. The van der Waals surface area contributed by atoms with Crippen molar-refractivity contribution in [2.24, 2.45) is 40.3 Å². The first-order valence-electron chi connectivity index (χ1n) is 9.64. The molecule has 2 saturated heterocycles. The zero-order chi connectivity index (χ0) is 17.6. The van der Waals surface area contributed by atoms with Gasteiger partial charge < -0.3 is 10.6 Å². The Morgan fingerprint density at radius 3 is 2.31 bits per heavy atom. The summed E-state index contributed by atoms with van der Waals surface area (Å²) in [4.78, 5) is 33.3. The number of nitrogens with zero attached hydrogens (tertiary/aromatic N) is 3. The number of guanidine groups is 1. The molecule has 2 N–H and O–H groups in total. The minimum atomic E-state index is -0.0913. The van der Waals surface area contributed by atoms with Crippen molar-refractivity contribution in [3.05, 3.63) is 12.2 Å². The number of carbonyl (C=O) groups is 2. The van der Waals surface area contributed by atoms with Gasteiger partial charge in [-0.05, 0) is 43.4 Å². The SMILES string of the molecule is CC1CCN(C(N)=NCCCN2C(=O)C3C4C=CC(C4)C3C2=O)CC1.I. The van der Waals surface area contributed by atoms with E-state index in [-0.39, 0.29) is 59.5 Å². The predicted octanol–water partition coefficient (Wildman–Crippen LogP) is 1.85. The average molecular weight is 472 g/mol. The molecule has 0 aromatic rings. The largest absolute Gasteiger partial charge is 0.370 e. The highest BCUT2D eigenvalue weighted by atomic mass is 127. The van der Waals surface area contributed by atoms with Crippen LogP contribution in [0.3, 0.4) is 0 Å². The van der Waals surface area contributed by atoms with Gasteiger partial charge in [-0.15, -0.1) is 24.0 Å². The lowest BCUT2D eigenvalue weighted by Crippen LogP contribution is -2.42. The number of rotatable bonds is 4. The number of halogens is 1. The molecule has 0 spiro atoms. The summed E-state index contributed by atoms with van der Waals surface area (Å²) in [6, 6.07) is 0. The molecule has 4 unspecified atom stereocenters. The quantitative estimate of drug-likeness (QED) is 0.169. The molecular formula is C19H29IN4O2. The number of hydrogen-bond acceptors (Lipinski definition) is 3. The van der Waals surface area contributed by atoms with Crippen molar-refractivity contribution < 1.29 is 9.59 Å². The molecule has 4 aliphatic rings. The normalized spacial score (nSPS) is 33.8. The summed E-state index contributed by atoms with van der Waals surface area (Å²) in [7, 11) is 0. The van der Waals surface area contributed by atoms with Crippen molar-refractivity contribution in [3.8, 4) is 0 Å². The molecule has 2 aliphatic carbocycles. The molecule has 26 heavy (non-hydrogen) atoms. The first-order valence-corrected chi connectivity index (χ1v) is 9.64. The van der Waals surface area contributed by atoms with Crippen molar-refractivity contribution >= 4 is 41.8 Å². The van der Waals surface area contributed by atoms with Gasteiger partial charge in [0.05, 0.1) is 11.8 Å². The van der Waals surface area contributed by atoms with Gasteiger partial charge in [0.1, 0.15) is 0 Å². The van der Waals surface area contributed by atoms with Crippen molar-refractivity contribution in [3.63, 3.8) is 0 Å². The van der Waals surface area contributed by atoms with E-state index in [0.29, 0.717) is 25.5 Å². The van der Waals surface area contributed by atoms with Gasteiger partial charge in [0.15, 0.2) is 5.96 Å². The van der Waals surface area contributed by atoms with E-state index in [2.05, 4.69) is 29.0 Å². The smallest absolute Gasteiger partial charge is 0.233 e. The van der Waals surface area contributed by atoms with E-state index in [9.17, 15) is 9.59 Å². The lowest BCUT2D eigenvalue weighted by atomic mass is 9.85. The number of aliphatic imine (C=N–C) groups is 1. The predicted molar refractivity (Wildman–Crippen MR) is 111 cm³/mol. The first-order chi connectivity index (χ1) is 12.1. The Labute approximate surface area is 172 Å². The highest BCUT2D eigenvalue weighted by molar-refractivity contribution is 14.0. The van der Waals surface area contributed by atoms with Crippen LogP contribution in [0.5, 0.6) is 0 Å². The Balaban J connectivity index is 0.00000196. The van der Waals surface area contributed by atoms with E-state index in [0.717, 1.165) is 38.3 Å². The van der Waals surface area contributed by atoms with Crippen LogP contribution in [0.2, 0.25) is 0 Å². The fourth-order valence-corrected chi connectivity index (χ4v) is 4.94. The van der Waals surface area contributed by atoms with Gasteiger partial charge in [0, 0.05) is 26.2 Å². The minimum Gasteiger partial charge on any atom is -0.370 e. The highest BCUT2D eigenvalue weighted by Crippen LogP contribution is 2.52. The molecule has 2 aliphatic heterocycles. The molecule has 1 saturated carbocycles. The van der Waals surface area contributed by atoms with Crippen molar-refractivity contribution in [1.82, 2.24) is 9.80 Å². The van der Waals surface area contributed by atoms with Crippen LogP contribution in [0.1, 0.15) is 32.6 Å². The lowest BCUT2D eigenvalue weighted by molar-refractivity contribution is -0.140. The lowest BCUT2D eigenvalue weighted by Gasteiger charge is -2.31. The van der Waals surface area contributed by atoms with Gasteiger partial charge in [0.25, 0.3) is 0 Å². The maximum absolute atomic E-state index is 12.6. The first kappa shape index (κ1) is 19.6. The van der Waals surface area contributed by atoms with Crippen LogP contribution < -0.4 is 5.73 Å². The molecule has 0 aromatic heterocycles. The molecule has 7 heteroatoms. The number of nitrogens with two attached hydrogens (primary N) is 1. The number of allylic oxidation sites excluding steroid dienone is 2. The van der Waals surface area contributed by atoms with Gasteiger partial charge >= 0.3 is 0 Å². The molecule has 2 bridgehead atoms. The van der Waals surface area contributed by atoms with E-state index >= 15 is 0 Å². The average Bonchev–Trinajstić information content (AvgIpc) is 3.28. The van der Waals surface area contributed by atoms with Crippen LogP contribution >= 0.6 is 24.0 Å². The summed E-state index contributed by atoms with van der Waals surface area (Å²) >= 11 is 0. The van der Waals surface area contributed by atoms with Gasteiger partial charge in [-0.25, -0.2) is 0 Å². The third-order valence-corrected chi connectivity index (χ3v) is 6.48. The standard InChI is InChI=1S/C19H28N4O2.HI/c1-12-5-9-22(10-6-12)19(20)21-7-2-8-23-17(24)15-13-3-4-14(11-13)16(15)18(23)25;/h3-4,12-16H,2,5-11H2,1H3,(H2,20,21);1H. The fraction of sp³-hybridized carbons (Fsp3) is 0.737. The van der Waals surface area contributed by atoms with E-state index in [1.54, 1.807) is 0 Å². The summed E-state index contributed by atoms with van der Waals surface area (Å²) < 4.78 is 0. The van der Waals surface area contributed by atoms with Gasteiger partial charge in [-0.1, -0.05) is 19.1 Å². The second-order valence-electron chi connectivity index (χ2n) is 8.09. The summed E-state index contributed by atoms with van der Waals surface area (Å²) in [5.41, 5.74) is 6.08. The molecule has 2 heterocycles. The molecule has 3 fully saturated rings. The Kier molecular flexibility index (Phi) is 5.94. The number of likely N-dealkylation sites (tertiary alicyclic amines) is 2.